The summed E-state index contributed by atoms with van der Waals surface area (Å²) in [5.41, 5.74) is 1.63. The molecule has 0 saturated carbocycles. The number of amides is 1. The Morgan fingerprint density at radius 1 is 1.37 bits per heavy atom. The largest absolute Gasteiger partial charge is 0.479 e. The lowest BCUT2D eigenvalue weighted by atomic mass is 10.1. The lowest BCUT2D eigenvalue weighted by Gasteiger charge is -2.34. The second kappa shape index (κ2) is 8.06. The summed E-state index contributed by atoms with van der Waals surface area (Å²) in [6.45, 7) is 4.03. The summed E-state index contributed by atoms with van der Waals surface area (Å²) < 4.78 is 6.99. The van der Waals surface area contributed by atoms with Crippen LogP contribution in [0.3, 0.4) is 0 Å². The van der Waals surface area contributed by atoms with Gasteiger partial charge < -0.3 is 14.7 Å². The van der Waals surface area contributed by atoms with E-state index in [1.165, 1.54) is 4.90 Å². The molecular formula is C18H21ClN4O4. The number of carboxylic acid groups (broad SMARTS) is 1. The molecule has 27 heavy (non-hydrogen) atoms. The Balaban J connectivity index is 1.94. The minimum absolute atomic E-state index is 0.0197. The lowest BCUT2D eigenvalue weighted by Crippen LogP contribution is -2.52. The number of ether oxygens (including phenoxy) is 1. The van der Waals surface area contributed by atoms with Crippen molar-refractivity contribution in [2.24, 2.45) is 0 Å². The van der Waals surface area contributed by atoms with Crippen LogP contribution in [0.5, 0.6) is 0 Å². The third-order valence-electron chi connectivity index (χ3n) is 4.33. The molecule has 1 N–H and O–H groups in total. The number of nitrogens with zero attached hydrogens (tertiary/aromatic N) is 4. The van der Waals surface area contributed by atoms with Crippen LogP contribution >= 0.6 is 11.6 Å². The molecule has 0 spiro atoms. The van der Waals surface area contributed by atoms with Crippen molar-refractivity contribution >= 4 is 23.5 Å². The van der Waals surface area contributed by atoms with Crippen molar-refractivity contribution in [2.75, 3.05) is 13.1 Å². The molecule has 1 aliphatic rings. The number of hydrogen-bond acceptors (Lipinski definition) is 5. The van der Waals surface area contributed by atoms with E-state index in [-0.39, 0.29) is 24.2 Å². The first kappa shape index (κ1) is 19.3. The van der Waals surface area contributed by atoms with Crippen molar-refractivity contribution in [3.63, 3.8) is 0 Å². The summed E-state index contributed by atoms with van der Waals surface area (Å²) in [6.07, 6.45) is -0.0226. The minimum atomic E-state index is -1.09. The number of benzene rings is 1. The maximum atomic E-state index is 13.1. The number of hydrogen-bond donors (Lipinski definition) is 1. The first-order valence-electron chi connectivity index (χ1n) is 8.78. The maximum absolute atomic E-state index is 13.1. The molecule has 1 aliphatic heterocycles. The van der Waals surface area contributed by atoms with Gasteiger partial charge in [-0.25, -0.2) is 9.48 Å². The van der Waals surface area contributed by atoms with Gasteiger partial charge in [0.05, 0.1) is 24.0 Å². The predicted octanol–water partition coefficient (Wildman–Crippen LogP) is 2.19. The summed E-state index contributed by atoms with van der Waals surface area (Å²) in [5.74, 6) is -1.43. The van der Waals surface area contributed by atoms with Crippen molar-refractivity contribution < 1.29 is 19.4 Å². The molecule has 0 aliphatic carbocycles. The second-order valence-electron chi connectivity index (χ2n) is 6.51. The van der Waals surface area contributed by atoms with Crippen molar-refractivity contribution in [1.82, 2.24) is 19.9 Å². The van der Waals surface area contributed by atoms with Crippen LogP contribution in [0.2, 0.25) is 5.02 Å². The summed E-state index contributed by atoms with van der Waals surface area (Å²) in [7, 11) is 0. The maximum Gasteiger partial charge on any atom is 0.334 e. The fourth-order valence-electron chi connectivity index (χ4n) is 3.15. The molecule has 8 nitrogen and oxygen atoms in total. The summed E-state index contributed by atoms with van der Waals surface area (Å²) in [6, 6.07) is 7.15. The molecule has 2 atom stereocenters. The van der Waals surface area contributed by atoms with Gasteiger partial charge in [0.2, 0.25) is 0 Å². The van der Waals surface area contributed by atoms with E-state index in [9.17, 15) is 14.7 Å². The zero-order valence-electron chi connectivity index (χ0n) is 15.1. The van der Waals surface area contributed by atoms with E-state index in [1.54, 1.807) is 29.8 Å². The number of carbonyl (C=O) groups excluding carboxylic acids is 1. The SMILES string of the molecule is CCCc1c(C(=O)N2CC(C(=O)O)O[C@H](C)C2)nnn1-c1cccc(Cl)c1. The van der Waals surface area contributed by atoms with Gasteiger partial charge in [0.25, 0.3) is 5.91 Å². The average Bonchev–Trinajstić information content (AvgIpc) is 3.04. The van der Waals surface area contributed by atoms with Crippen LogP contribution in [0.4, 0.5) is 0 Å². The summed E-state index contributed by atoms with van der Waals surface area (Å²) in [4.78, 5) is 25.8. The summed E-state index contributed by atoms with van der Waals surface area (Å²) >= 11 is 6.07. The highest BCUT2D eigenvalue weighted by Gasteiger charge is 2.35. The summed E-state index contributed by atoms with van der Waals surface area (Å²) in [5, 5.41) is 18.0. The Morgan fingerprint density at radius 3 is 2.81 bits per heavy atom. The van der Waals surface area contributed by atoms with Gasteiger partial charge in [0, 0.05) is 11.6 Å². The number of morpholine rings is 1. The van der Waals surface area contributed by atoms with Gasteiger partial charge >= 0.3 is 5.97 Å². The van der Waals surface area contributed by atoms with Crippen LogP contribution in [0.25, 0.3) is 5.69 Å². The van der Waals surface area contributed by atoms with E-state index in [0.717, 1.165) is 12.1 Å². The van der Waals surface area contributed by atoms with Gasteiger partial charge in [-0.2, -0.15) is 0 Å². The molecule has 1 saturated heterocycles. The molecule has 1 fully saturated rings. The number of carboxylic acids is 1. The number of halogens is 1. The number of aromatic nitrogens is 3. The third kappa shape index (κ3) is 4.12. The molecule has 2 aromatic rings. The van der Waals surface area contributed by atoms with Gasteiger partial charge in [-0.3, -0.25) is 4.79 Å². The first-order chi connectivity index (χ1) is 12.9. The predicted molar refractivity (Wildman–Crippen MR) is 98.2 cm³/mol. The van der Waals surface area contributed by atoms with Crippen LogP contribution in [-0.4, -0.2) is 62.2 Å². The molecule has 9 heteroatoms. The fourth-order valence-corrected chi connectivity index (χ4v) is 3.33. The van der Waals surface area contributed by atoms with Crippen LogP contribution in [0, 0.1) is 0 Å². The molecule has 1 amide bonds. The Kier molecular flexibility index (Phi) is 5.76. The average molecular weight is 393 g/mol. The van der Waals surface area contributed by atoms with Gasteiger partial charge in [-0.15, -0.1) is 5.10 Å². The van der Waals surface area contributed by atoms with Gasteiger partial charge in [-0.05, 0) is 31.5 Å². The van der Waals surface area contributed by atoms with Crippen molar-refractivity contribution in [2.45, 2.75) is 38.9 Å². The highest BCUT2D eigenvalue weighted by atomic mass is 35.5. The highest BCUT2D eigenvalue weighted by Crippen LogP contribution is 2.21. The zero-order valence-corrected chi connectivity index (χ0v) is 15.9. The van der Waals surface area contributed by atoms with Crippen LogP contribution < -0.4 is 0 Å². The van der Waals surface area contributed by atoms with Crippen molar-refractivity contribution in [1.29, 1.82) is 0 Å². The lowest BCUT2D eigenvalue weighted by molar-refractivity contribution is -0.160. The van der Waals surface area contributed by atoms with E-state index >= 15 is 0 Å². The molecule has 0 radical (unpaired) electrons. The van der Waals surface area contributed by atoms with E-state index in [2.05, 4.69) is 10.3 Å². The molecule has 1 aromatic carbocycles. The molecule has 144 valence electrons. The topological polar surface area (TPSA) is 97.6 Å². The van der Waals surface area contributed by atoms with Gasteiger partial charge in [-0.1, -0.05) is 36.2 Å². The Labute approximate surface area is 161 Å². The Bertz CT molecular complexity index is 854. The van der Waals surface area contributed by atoms with Gasteiger partial charge in [0.15, 0.2) is 11.8 Å². The Morgan fingerprint density at radius 2 is 2.15 bits per heavy atom. The van der Waals surface area contributed by atoms with Crippen LogP contribution in [0.15, 0.2) is 24.3 Å². The van der Waals surface area contributed by atoms with Gasteiger partial charge in [0.1, 0.15) is 0 Å². The minimum Gasteiger partial charge on any atom is -0.479 e. The number of aliphatic carboxylic acids is 1. The van der Waals surface area contributed by atoms with E-state index in [0.29, 0.717) is 23.7 Å². The van der Waals surface area contributed by atoms with E-state index < -0.39 is 12.1 Å². The molecule has 0 bridgehead atoms. The van der Waals surface area contributed by atoms with Crippen molar-refractivity contribution in [3.05, 3.63) is 40.7 Å². The van der Waals surface area contributed by atoms with Crippen molar-refractivity contribution in [3.8, 4) is 5.69 Å². The number of rotatable bonds is 5. The first-order valence-corrected chi connectivity index (χ1v) is 9.16. The van der Waals surface area contributed by atoms with E-state index in [1.807, 2.05) is 13.0 Å². The molecule has 3 rings (SSSR count). The Hall–Kier alpha value is -2.45. The van der Waals surface area contributed by atoms with Crippen LogP contribution in [-0.2, 0) is 16.0 Å². The molecule has 1 aromatic heterocycles. The molecule has 2 heterocycles. The second-order valence-corrected chi connectivity index (χ2v) is 6.95. The zero-order chi connectivity index (χ0) is 19.6. The smallest absolute Gasteiger partial charge is 0.334 e. The monoisotopic (exact) mass is 392 g/mol. The molecular weight excluding hydrogens is 372 g/mol. The fraction of sp³-hybridized carbons (Fsp3) is 0.444. The van der Waals surface area contributed by atoms with Crippen LogP contribution in [0.1, 0.15) is 36.5 Å². The number of carbonyl (C=O) groups is 2. The highest BCUT2D eigenvalue weighted by molar-refractivity contribution is 6.30. The third-order valence-corrected chi connectivity index (χ3v) is 4.56. The normalized spacial score (nSPS) is 19.9. The quantitative estimate of drug-likeness (QED) is 0.837. The molecule has 1 unspecified atom stereocenters. The van der Waals surface area contributed by atoms with E-state index in [4.69, 9.17) is 16.3 Å². The standard InChI is InChI=1S/C18H21ClN4O4/c1-3-5-14-16(20-21-23(14)13-7-4-6-12(19)8-13)17(24)22-9-11(2)27-15(10-22)18(25)26/h4,6-8,11,15H,3,5,9-10H2,1-2H3,(H,25,26)/t11-,15?/m1/s1.